The summed E-state index contributed by atoms with van der Waals surface area (Å²) < 4.78 is 256. The Balaban J connectivity index is 2.57. The van der Waals surface area contributed by atoms with Crippen LogP contribution in [-0.2, 0) is 0 Å². The Morgan fingerprint density at radius 3 is 0.707 bits per heavy atom. The zero-order valence-electron chi connectivity index (χ0n) is 18.9. The third-order valence-corrected chi connectivity index (χ3v) is 5.08. The van der Waals surface area contributed by atoms with E-state index < -0.39 is 65.2 Å². The molecule has 0 unspecified atom stereocenters. The molecule has 0 fully saturated rings. The van der Waals surface area contributed by atoms with Gasteiger partial charge < -0.3 is 9.47 Å². The lowest BCUT2D eigenvalue weighted by atomic mass is 9.88. The van der Waals surface area contributed by atoms with E-state index in [4.69, 9.17) is 0 Å². The number of alkyl halides is 18. The monoisotopic (exact) mass is 636 g/mol. The van der Waals surface area contributed by atoms with Gasteiger partial charge in [0.25, 0.3) is 0 Å². The minimum Gasteiger partial charge on any atom is -0.428 e. The first kappa shape index (κ1) is 34.0. The second-order valence-electron chi connectivity index (χ2n) is 7.88. The van der Waals surface area contributed by atoms with Crippen LogP contribution in [0.4, 0.5) is 79.0 Å². The van der Waals surface area contributed by atoms with Crippen molar-refractivity contribution in [1.82, 2.24) is 0 Å². The maximum absolute atomic E-state index is 14.0. The van der Waals surface area contributed by atoms with Crippen molar-refractivity contribution in [2.75, 3.05) is 0 Å². The highest BCUT2D eigenvalue weighted by atomic mass is 19.4. The fraction of sp³-hybridized carbons (Fsp3) is 0.429. The molecule has 0 spiro atoms. The highest BCUT2D eigenvalue weighted by Crippen LogP contribution is 2.65. The summed E-state index contributed by atoms with van der Waals surface area (Å²) in [5.74, 6) is -62.6. The molecular formula is C21H10F18O2. The first-order valence-corrected chi connectivity index (χ1v) is 10.0. The Kier molecular flexibility index (Phi) is 8.25. The van der Waals surface area contributed by atoms with Crippen LogP contribution in [0, 0.1) is 0 Å². The SMILES string of the molecule is FC(F)(Oc1ccccc1)C(F)(F)C(F)(F)C(F)(F)C(F)(F)C(F)(F)C(F)(F)C(F)(F)C(F)(F)Oc1ccccc1. The summed E-state index contributed by atoms with van der Waals surface area (Å²) in [6.45, 7) is 0. The minimum absolute atomic E-state index is 0.295. The predicted molar refractivity (Wildman–Crippen MR) is 98.7 cm³/mol. The van der Waals surface area contributed by atoms with E-state index in [-0.39, 0.29) is 0 Å². The first-order chi connectivity index (χ1) is 18.2. The average Bonchev–Trinajstić information content (AvgIpc) is 2.83. The summed E-state index contributed by atoms with van der Waals surface area (Å²) in [7, 11) is 0. The highest BCUT2D eigenvalue weighted by Gasteiger charge is 2.97. The second-order valence-corrected chi connectivity index (χ2v) is 7.88. The lowest BCUT2D eigenvalue weighted by molar-refractivity contribution is -0.478. The summed E-state index contributed by atoms with van der Waals surface area (Å²) in [5, 5.41) is 0. The van der Waals surface area contributed by atoms with Gasteiger partial charge in [0.05, 0.1) is 0 Å². The van der Waals surface area contributed by atoms with Crippen molar-refractivity contribution in [3.05, 3.63) is 60.7 Å². The maximum atomic E-state index is 14.0. The van der Waals surface area contributed by atoms with Gasteiger partial charge >= 0.3 is 53.7 Å². The van der Waals surface area contributed by atoms with Gasteiger partial charge in [0, 0.05) is 0 Å². The summed E-state index contributed by atoms with van der Waals surface area (Å²) in [6.07, 6.45) is -14.0. The van der Waals surface area contributed by atoms with Crippen molar-refractivity contribution in [2.24, 2.45) is 0 Å². The van der Waals surface area contributed by atoms with Crippen molar-refractivity contribution in [3.8, 4) is 11.5 Å². The third-order valence-electron chi connectivity index (χ3n) is 5.08. The number of halogens is 18. The van der Waals surface area contributed by atoms with Gasteiger partial charge in [-0.15, -0.1) is 0 Å². The molecule has 0 aromatic heterocycles. The van der Waals surface area contributed by atoms with Crippen LogP contribution >= 0.6 is 0 Å². The molecule has 0 amide bonds. The number of hydrogen-bond donors (Lipinski definition) is 0. The Bertz CT molecular complexity index is 1090. The molecule has 2 aromatic carbocycles. The van der Waals surface area contributed by atoms with Crippen LogP contribution in [0.3, 0.4) is 0 Å². The zero-order valence-corrected chi connectivity index (χ0v) is 18.9. The summed E-state index contributed by atoms with van der Waals surface area (Å²) in [6, 6.07) is 5.92. The number of benzene rings is 2. The van der Waals surface area contributed by atoms with E-state index in [0.29, 0.717) is 48.5 Å². The molecule has 0 bridgehead atoms. The van der Waals surface area contributed by atoms with Gasteiger partial charge in [0.2, 0.25) is 0 Å². The van der Waals surface area contributed by atoms with Gasteiger partial charge in [-0.2, -0.15) is 79.0 Å². The van der Waals surface area contributed by atoms with Crippen molar-refractivity contribution in [2.45, 2.75) is 53.7 Å². The van der Waals surface area contributed by atoms with Crippen molar-refractivity contribution < 1.29 is 88.5 Å². The Morgan fingerprint density at radius 1 is 0.293 bits per heavy atom. The largest absolute Gasteiger partial charge is 0.471 e. The molecule has 2 aromatic rings. The fourth-order valence-corrected chi connectivity index (χ4v) is 2.75. The third kappa shape index (κ3) is 4.95. The summed E-state index contributed by atoms with van der Waals surface area (Å²) in [5.41, 5.74) is 0. The highest BCUT2D eigenvalue weighted by molar-refractivity contribution is 5.24. The standard InChI is InChI=1S/C21H10F18O2/c22-13(23,14(24,25)16(28,29)18(32,33)20(36,37)40-11-7-3-1-4-8-11)15(26,27)17(30,31)19(34,35)21(38,39)41-12-9-5-2-6-10-12/h1-10H. The van der Waals surface area contributed by atoms with Crippen LogP contribution in [0.1, 0.15) is 0 Å². The van der Waals surface area contributed by atoms with Crippen molar-refractivity contribution >= 4 is 0 Å². The number of ether oxygens (including phenoxy) is 2. The van der Waals surface area contributed by atoms with Crippen LogP contribution in [-0.4, -0.2) is 53.7 Å². The molecule has 0 aliphatic heterocycles. The van der Waals surface area contributed by atoms with E-state index in [1.807, 2.05) is 0 Å². The molecule has 0 saturated carbocycles. The number of rotatable bonds is 12. The number of hydrogen-bond acceptors (Lipinski definition) is 2. The van der Waals surface area contributed by atoms with E-state index in [0.717, 1.165) is 12.1 Å². The molecule has 0 aliphatic rings. The van der Waals surface area contributed by atoms with E-state index >= 15 is 0 Å². The van der Waals surface area contributed by atoms with Gasteiger partial charge in [-0.25, -0.2) is 0 Å². The molecule has 20 heteroatoms. The molecule has 0 radical (unpaired) electrons. The Morgan fingerprint density at radius 2 is 0.488 bits per heavy atom. The molecule has 2 rings (SSSR count). The van der Waals surface area contributed by atoms with Gasteiger partial charge in [0.15, 0.2) is 0 Å². The van der Waals surface area contributed by atoms with Gasteiger partial charge in [-0.1, -0.05) is 36.4 Å². The normalized spacial score (nSPS) is 15.1. The van der Waals surface area contributed by atoms with Crippen LogP contribution in [0.5, 0.6) is 11.5 Å². The minimum atomic E-state index is -8.88. The topological polar surface area (TPSA) is 18.5 Å². The lowest BCUT2D eigenvalue weighted by Crippen LogP contribution is -2.76. The first-order valence-electron chi connectivity index (χ1n) is 10.0. The van der Waals surface area contributed by atoms with Gasteiger partial charge in [0.1, 0.15) is 11.5 Å². The van der Waals surface area contributed by atoms with E-state index in [9.17, 15) is 79.0 Å². The van der Waals surface area contributed by atoms with Crippen LogP contribution in [0.15, 0.2) is 60.7 Å². The summed E-state index contributed by atoms with van der Waals surface area (Å²) >= 11 is 0. The maximum Gasteiger partial charge on any atom is 0.471 e. The number of para-hydroxylation sites is 2. The molecule has 2 nitrogen and oxygen atoms in total. The van der Waals surface area contributed by atoms with Crippen LogP contribution in [0.25, 0.3) is 0 Å². The smallest absolute Gasteiger partial charge is 0.428 e. The molecule has 0 heterocycles. The second kappa shape index (κ2) is 9.95. The van der Waals surface area contributed by atoms with Gasteiger partial charge in [-0.05, 0) is 24.3 Å². The Labute approximate surface area is 215 Å². The quantitative estimate of drug-likeness (QED) is 0.217. The Hall–Kier alpha value is -3.22. The molecule has 0 saturated heterocycles. The molecule has 0 N–H and O–H groups in total. The molecule has 41 heavy (non-hydrogen) atoms. The van der Waals surface area contributed by atoms with Crippen molar-refractivity contribution in [1.29, 1.82) is 0 Å². The average molecular weight is 636 g/mol. The zero-order chi connectivity index (χ0) is 32.1. The molecular weight excluding hydrogens is 626 g/mol. The predicted octanol–water partition coefficient (Wildman–Crippen LogP) is 8.78. The van der Waals surface area contributed by atoms with E-state index in [2.05, 4.69) is 9.47 Å². The summed E-state index contributed by atoms with van der Waals surface area (Å²) in [4.78, 5) is 0. The molecule has 232 valence electrons. The fourth-order valence-electron chi connectivity index (χ4n) is 2.75. The molecule has 0 aliphatic carbocycles. The van der Waals surface area contributed by atoms with Gasteiger partial charge in [-0.3, -0.25) is 0 Å². The van der Waals surface area contributed by atoms with E-state index in [1.165, 1.54) is 0 Å². The molecule has 0 atom stereocenters. The van der Waals surface area contributed by atoms with Crippen molar-refractivity contribution in [3.63, 3.8) is 0 Å². The lowest BCUT2D eigenvalue weighted by Gasteiger charge is -2.43. The van der Waals surface area contributed by atoms with E-state index in [1.54, 1.807) is 0 Å². The van der Waals surface area contributed by atoms with Crippen LogP contribution < -0.4 is 9.47 Å². The van der Waals surface area contributed by atoms with Crippen LogP contribution in [0.2, 0.25) is 0 Å².